The molecule has 2 unspecified atom stereocenters. The zero-order valence-corrected chi connectivity index (χ0v) is 11.1. The Morgan fingerprint density at radius 3 is 2.67 bits per heavy atom. The Labute approximate surface area is 111 Å². The van der Waals surface area contributed by atoms with Gasteiger partial charge in [0.1, 0.15) is 5.82 Å². The second-order valence-electron chi connectivity index (χ2n) is 3.85. The molecule has 1 aromatic carbocycles. The molecule has 1 aromatic rings. The maximum atomic E-state index is 13.7. The molecule has 0 aliphatic carbocycles. The van der Waals surface area contributed by atoms with Gasteiger partial charge in [0.05, 0.1) is 18.6 Å². The van der Waals surface area contributed by atoms with E-state index in [1.807, 2.05) is 0 Å². The molecule has 3 nitrogen and oxygen atoms in total. The summed E-state index contributed by atoms with van der Waals surface area (Å²) in [5.74, 6) is -2.00. The van der Waals surface area contributed by atoms with Crippen molar-refractivity contribution in [2.75, 3.05) is 6.61 Å². The monoisotopic (exact) mass is 274 g/mol. The number of hydrogen-bond acceptors (Lipinski definition) is 3. The molecule has 0 aliphatic heterocycles. The highest BCUT2D eigenvalue weighted by Gasteiger charge is 2.30. The molecule has 0 aliphatic rings. The van der Waals surface area contributed by atoms with E-state index in [1.54, 1.807) is 13.8 Å². The number of carbonyl (C=O) groups excluding carboxylic acids is 1. The predicted molar refractivity (Wildman–Crippen MR) is 66.8 cm³/mol. The Kier molecular flexibility index (Phi) is 5.56. The Morgan fingerprint density at radius 1 is 1.50 bits per heavy atom. The van der Waals surface area contributed by atoms with E-state index in [9.17, 15) is 14.3 Å². The van der Waals surface area contributed by atoms with Crippen molar-refractivity contribution < 1.29 is 19.0 Å². The first-order valence-corrected chi connectivity index (χ1v) is 6.19. The summed E-state index contributed by atoms with van der Waals surface area (Å²) in [7, 11) is 0. The first-order valence-electron chi connectivity index (χ1n) is 5.81. The van der Waals surface area contributed by atoms with Crippen LogP contribution >= 0.6 is 11.6 Å². The highest BCUT2D eigenvalue weighted by molar-refractivity contribution is 6.31. The minimum Gasteiger partial charge on any atom is -0.466 e. The molecular formula is C13H16ClFO3. The molecule has 18 heavy (non-hydrogen) atoms. The van der Waals surface area contributed by atoms with Crippen molar-refractivity contribution in [2.45, 2.75) is 26.4 Å². The van der Waals surface area contributed by atoms with Gasteiger partial charge in [-0.15, -0.1) is 0 Å². The Morgan fingerprint density at radius 2 is 2.17 bits per heavy atom. The van der Waals surface area contributed by atoms with Gasteiger partial charge < -0.3 is 9.84 Å². The van der Waals surface area contributed by atoms with Crippen LogP contribution < -0.4 is 0 Å². The van der Waals surface area contributed by atoms with E-state index in [2.05, 4.69) is 0 Å². The number of halogens is 2. The van der Waals surface area contributed by atoms with Crippen molar-refractivity contribution in [3.63, 3.8) is 0 Å². The fourth-order valence-electron chi connectivity index (χ4n) is 1.76. The molecule has 0 aromatic heterocycles. The third-order valence-electron chi connectivity index (χ3n) is 2.71. The van der Waals surface area contributed by atoms with E-state index in [1.165, 1.54) is 18.2 Å². The highest BCUT2D eigenvalue weighted by Crippen LogP contribution is 2.32. The molecule has 0 spiro atoms. The number of rotatable bonds is 5. The van der Waals surface area contributed by atoms with Crippen LogP contribution in [-0.4, -0.2) is 17.7 Å². The SMILES string of the molecule is CCOC(=O)C(CC)C(O)c1c(F)cccc1Cl. The lowest BCUT2D eigenvalue weighted by Gasteiger charge is -2.21. The van der Waals surface area contributed by atoms with Crippen LogP contribution in [0.25, 0.3) is 0 Å². The lowest BCUT2D eigenvalue weighted by atomic mass is 9.93. The van der Waals surface area contributed by atoms with Crippen LogP contribution in [0.5, 0.6) is 0 Å². The van der Waals surface area contributed by atoms with Gasteiger partial charge in [0.25, 0.3) is 0 Å². The van der Waals surface area contributed by atoms with E-state index >= 15 is 0 Å². The van der Waals surface area contributed by atoms with Crippen LogP contribution in [0.4, 0.5) is 4.39 Å². The van der Waals surface area contributed by atoms with E-state index in [0.29, 0.717) is 6.42 Å². The Bertz CT molecular complexity index is 402. The standard InChI is InChI=1S/C13H16ClFO3/c1-3-8(13(17)18-4-2)12(16)11-9(14)6-5-7-10(11)15/h5-8,12,16H,3-4H2,1-2H3. The van der Waals surface area contributed by atoms with Crippen LogP contribution in [-0.2, 0) is 9.53 Å². The predicted octanol–water partition coefficient (Wildman–Crippen LogP) is 3.10. The zero-order valence-electron chi connectivity index (χ0n) is 10.3. The summed E-state index contributed by atoms with van der Waals surface area (Å²) in [6.45, 7) is 3.61. The topological polar surface area (TPSA) is 46.5 Å². The molecule has 2 atom stereocenters. The van der Waals surface area contributed by atoms with E-state index in [-0.39, 0.29) is 17.2 Å². The fourth-order valence-corrected chi connectivity index (χ4v) is 2.04. The maximum absolute atomic E-state index is 13.7. The minimum atomic E-state index is -1.30. The smallest absolute Gasteiger partial charge is 0.311 e. The zero-order chi connectivity index (χ0) is 13.7. The molecule has 0 saturated carbocycles. The summed E-state index contributed by atoms with van der Waals surface area (Å²) in [4.78, 5) is 11.7. The first kappa shape index (κ1) is 14.9. The van der Waals surface area contributed by atoms with E-state index in [0.717, 1.165) is 0 Å². The number of esters is 1. The number of benzene rings is 1. The quantitative estimate of drug-likeness (QED) is 0.839. The summed E-state index contributed by atoms with van der Waals surface area (Å²) in [6, 6.07) is 4.11. The fraction of sp³-hybridized carbons (Fsp3) is 0.462. The van der Waals surface area contributed by atoms with Gasteiger partial charge >= 0.3 is 5.97 Å². The highest BCUT2D eigenvalue weighted by atomic mass is 35.5. The molecule has 0 heterocycles. The lowest BCUT2D eigenvalue weighted by Crippen LogP contribution is -2.25. The average molecular weight is 275 g/mol. The number of aliphatic hydroxyl groups is 1. The molecule has 0 bridgehead atoms. The lowest BCUT2D eigenvalue weighted by molar-refractivity contribution is -0.152. The van der Waals surface area contributed by atoms with Crippen LogP contribution in [0.15, 0.2) is 18.2 Å². The first-order chi connectivity index (χ1) is 8.52. The third kappa shape index (κ3) is 3.21. The van der Waals surface area contributed by atoms with Gasteiger partial charge in [0, 0.05) is 10.6 Å². The molecule has 1 N–H and O–H groups in total. The second kappa shape index (κ2) is 6.71. The maximum Gasteiger partial charge on any atom is 0.311 e. The molecule has 1 rings (SSSR count). The van der Waals surface area contributed by atoms with Crippen molar-refractivity contribution in [1.29, 1.82) is 0 Å². The van der Waals surface area contributed by atoms with Crippen LogP contribution in [0.1, 0.15) is 31.9 Å². The van der Waals surface area contributed by atoms with Crippen LogP contribution in [0.3, 0.4) is 0 Å². The molecular weight excluding hydrogens is 259 g/mol. The van der Waals surface area contributed by atoms with Crippen molar-refractivity contribution in [2.24, 2.45) is 5.92 Å². The summed E-state index contributed by atoms with van der Waals surface area (Å²) in [5, 5.41) is 10.2. The third-order valence-corrected chi connectivity index (χ3v) is 3.04. The molecule has 0 saturated heterocycles. The van der Waals surface area contributed by atoms with Crippen molar-refractivity contribution in [1.82, 2.24) is 0 Å². The summed E-state index contributed by atoms with van der Waals surface area (Å²) in [5.41, 5.74) is -0.0564. The average Bonchev–Trinajstić information content (AvgIpc) is 2.30. The molecule has 0 fully saturated rings. The molecule has 0 radical (unpaired) electrons. The summed E-state index contributed by atoms with van der Waals surface area (Å²) in [6.07, 6.45) is -0.965. The summed E-state index contributed by atoms with van der Waals surface area (Å²) < 4.78 is 18.5. The van der Waals surface area contributed by atoms with Gasteiger partial charge in [-0.3, -0.25) is 4.79 Å². The normalized spacial score (nSPS) is 14.1. The van der Waals surface area contributed by atoms with Crippen molar-refractivity contribution in [3.05, 3.63) is 34.6 Å². The number of hydrogen-bond donors (Lipinski definition) is 1. The van der Waals surface area contributed by atoms with Crippen molar-refractivity contribution in [3.8, 4) is 0 Å². The Hall–Kier alpha value is -1.13. The number of carbonyl (C=O) groups is 1. The minimum absolute atomic E-state index is 0.0564. The van der Waals surface area contributed by atoms with E-state index < -0.39 is 23.8 Å². The molecule has 0 amide bonds. The largest absolute Gasteiger partial charge is 0.466 e. The molecule has 100 valence electrons. The second-order valence-corrected chi connectivity index (χ2v) is 4.25. The van der Waals surface area contributed by atoms with Gasteiger partial charge in [0.15, 0.2) is 0 Å². The van der Waals surface area contributed by atoms with Crippen LogP contribution in [0.2, 0.25) is 5.02 Å². The number of ether oxygens (including phenoxy) is 1. The Balaban J connectivity index is 3.03. The van der Waals surface area contributed by atoms with Gasteiger partial charge in [-0.25, -0.2) is 4.39 Å². The van der Waals surface area contributed by atoms with Gasteiger partial charge in [-0.1, -0.05) is 24.6 Å². The molecule has 5 heteroatoms. The van der Waals surface area contributed by atoms with Gasteiger partial charge in [-0.05, 0) is 25.5 Å². The summed E-state index contributed by atoms with van der Waals surface area (Å²) >= 11 is 5.86. The van der Waals surface area contributed by atoms with Gasteiger partial charge in [0.2, 0.25) is 0 Å². The number of aliphatic hydroxyl groups excluding tert-OH is 1. The van der Waals surface area contributed by atoms with Gasteiger partial charge in [-0.2, -0.15) is 0 Å². The van der Waals surface area contributed by atoms with Crippen molar-refractivity contribution >= 4 is 17.6 Å². The van der Waals surface area contributed by atoms with Crippen LogP contribution in [0, 0.1) is 11.7 Å². The van der Waals surface area contributed by atoms with E-state index in [4.69, 9.17) is 16.3 Å².